The third kappa shape index (κ3) is 5.44. The Bertz CT molecular complexity index is 1450. The van der Waals surface area contributed by atoms with Crippen LogP contribution in [0.2, 0.25) is 0 Å². The Kier molecular flexibility index (Phi) is 6.67. The lowest BCUT2D eigenvalue weighted by atomic mass is 10.1. The second-order valence-electron chi connectivity index (χ2n) is 9.41. The largest absolute Gasteiger partial charge is 0.490 e. The molecule has 2 saturated heterocycles. The summed E-state index contributed by atoms with van der Waals surface area (Å²) >= 11 is 0. The molecule has 2 aromatic carbocycles. The highest BCUT2D eigenvalue weighted by Gasteiger charge is 2.30. The van der Waals surface area contributed by atoms with E-state index in [2.05, 4.69) is 4.98 Å². The van der Waals surface area contributed by atoms with Crippen molar-refractivity contribution in [3.05, 3.63) is 60.2 Å². The number of hydrogen-bond acceptors (Lipinski definition) is 8. The maximum absolute atomic E-state index is 13.7. The van der Waals surface area contributed by atoms with Crippen LogP contribution in [-0.4, -0.2) is 70.0 Å². The van der Waals surface area contributed by atoms with E-state index in [1.54, 1.807) is 17.0 Å². The number of aromatic nitrogens is 5. The summed E-state index contributed by atoms with van der Waals surface area (Å²) in [5, 5.41) is 0. The van der Waals surface area contributed by atoms with E-state index in [1.807, 2.05) is 9.80 Å². The number of benzene rings is 2. The summed E-state index contributed by atoms with van der Waals surface area (Å²) in [6, 6.07) is 9.12. The first-order valence-corrected chi connectivity index (χ1v) is 12.6. The lowest BCUT2D eigenvalue weighted by Crippen LogP contribution is -2.41. The van der Waals surface area contributed by atoms with E-state index >= 15 is 0 Å². The molecule has 0 unspecified atom stereocenters. The van der Waals surface area contributed by atoms with Crippen molar-refractivity contribution >= 4 is 22.9 Å². The topological polar surface area (TPSA) is 81.4 Å². The lowest BCUT2D eigenvalue weighted by molar-refractivity contribution is -0.137. The highest BCUT2D eigenvalue weighted by Crippen LogP contribution is 2.31. The molecule has 2 aromatic heterocycles. The van der Waals surface area contributed by atoms with Crippen molar-refractivity contribution in [3.8, 4) is 11.7 Å². The van der Waals surface area contributed by atoms with Gasteiger partial charge in [0.2, 0.25) is 17.8 Å². The summed E-state index contributed by atoms with van der Waals surface area (Å²) < 4.78 is 65.4. The number of piperidine rings is 1. The zero-order chi connectivity index (χ0) is 27.0. The Morgan fingerprint density at radius 1 is 0.821 bits per heavy atom. The maximum atomic E-state index is 13.7. The van der Waals surface area contributed by atoms with Gasteiger partial charge in [0.1, 0.15) is 24.0 Å². The van der Waals surface area contributed by atoms with Gasteiger partial charge in [-0.2, -0.15) is 28.1 Å². The number of imidazole rings is 1. The predicted octanol–water partition coefficient (Wildman–Crippen LogP) is 4.25. The molecule has 0 N–H and O–H groups in total. The summed E-state index contributed by atoms with van der Waals surface area (Å²) in [7, 11) is 0. The molecule has 4 heterocycles. The highest BCUT2D eigenvalue weighted by molar-refractivity contribution is 5.76. The van der Waals surface area contributed by atoms with Crippen molar-refractivity contribution in [2.24, 2.45) is 0 Å². The SMILES string of the molecule is Fc1ccc2c(c1)ncn2-c1nc(N2CCOCC2)nc(N2CCC(Oc3ccc(C(F)(F)F)cc3)CC2)n1. The van der Waals surface area contributed by atoms with E-state index in [4.69, 9.17) is 24.4 Å². The van der Waals surface area contributed by atoms with E-state index in [-0.39, 0.29) is 11.9 Å². The second kappa shape index (κ2) is 10.3. The van der Waals surface area contributed by atoms with Crippen LogP contribution in [0.4, 0.5) is 29.5 Å². The van der Waals surface area contributed by atoms with Gasteiger partial charge in [0, 0.05) is 45.1 Å². The fourth-order valence-corrected chi connectivity index (χ4v) is 4.73. The van der Waals surface area contributed by atoms with Crippen LogP contribution < -0.4 is 14.5 Å². The van der Waals surface area contributed by atoms with Gasteiger partial charge >= 0.3 is 6.18 Å². The number of nitrogens with zero attached hydrogens (tertiary/aromatic N) is 7. The molecule has 9 nitrogen and oxygen atoms in total. The number of anilines is 2. The van der Waals surface area contributed by atoms with Gasteiger partial charge in [0.05, 0.1) is 29.8 Å². The number of fused-ring (bicyclic) bond motifs is 1. The smallest absolute Gasteiger partial charge is 0.416 e. The molecule has 2 fully saturated rings. The van der Waals surface area contributed by atoms with Gasteiger partial charge in [-0.25, -0.2) is 9.37 Å². The quantitative estimate of drug-likeness (QED) is 0.346. The van der Waals surface area contributed by atoms with Gasteiger partial charge in [0.15, 0.2) is 0 Å². The van der Waals surface area contributed by atoms with Crippen molar-refractivity contribution in [1.82, 2.24) is 24.5 Å². The van der Waals surface area contributed by atoms with E-state index in [1.165, 1.54) is 24.3 Å². The summed E-state index contributed by atoms with van der Waals surface area (Å²) in [6.45, 7) is 3.59. The van der Waals surface area contributed by atoms with Crippen LogP contribution in [-0.2, 0) is 10.9 Å². The predicted molar refractivity (Wildman–Crippen MR) is 135 cm³/mol. The summed E-state index contributed by atoms with van der Waals surface area (Å²) in [5.41, 5.74) is 0.457. The summed E-state index contributed by atoms with van der Waals surface area (Å²) in [6.07, 6.45) is -1.68. The Morgan fingerprint density at radius 3 is 2.13 bits per heavy atom. The van der Waals surface area contributed by atoms with Crippen molar-refractivity contribution in [2.75, 3.05) is 49.2 Å². The molecule has 204 valence electrons. The molecule has 0 atom stereocenters. The highest BCUT2D eigenvalue weighted by atomic mass is 19.4. The molecular formula is C26H25F4N7O2. The second-order valence-corrected chi connectivity index (χ2v) is 9.41. The van der Waals surface area contributed by atoms with Gasteiger partial charge in [-0.05, 0) is 36.4 Å². The van der Waals surface area contributed by atoms with Gasteiger partial charge in [0.25, 0.3) is 0 Å². The van der Waals surface area contributed by atoms with Crippen molar-refractivity contribution in [2.45, 2.75) is 25.1 Å². The standard InChI is InChI=1S/C26H25F4N7O2/c27-18-3-6-22-21(15-18)31-16-37(22)25-33-23(32-24(34-25)36-11-13-38-14-12-36)35-9-7-20(8-10-35)39-19-4-1-17(2-5-19)26(28,29)30/h1-6,15-16,20H,7-14H2. The Labute approximate surface area is 221 Å². The van der Waals surface area contributed by atoms with E-state index in [0.717, 1.165) is 12.1 Å². The van der Waals surface area contributed by atoms with Gasteiger partial charge in [-0.1, -0.05) is 0 Å². The number of alkyl halides is 3. The first-order valence-electron chi connectivity index (χ1n) is 12.6. The number of halogens is 4. The number of hydrogen-bond donors (Lipinski definition) is 0. The fraction of sp³-hybridized carbons (Fsp3) is 0.385. The molecule has 0 saturated carbocycles. The Balaban J connectivity index is 1.22. The first kappa shape index (κ1) is 25.3. The van der Waals surface area contributed by atoms with E-state index < -0.39 is 11.7 Å². The van der Waals surface area contributed by atoms with Gasteiger partial charge < -0.3 is 19.3 Å². The van der Waals surface area contributed by atoms with Crippen molar-refractivity contribution in [3.63, 3.8) is 0 Å². The molecule has 0 amide bonds. The molecule has 39 heavy (non-hydrogen) atoms. The normalized spacial score (nSPS) is 17.1. The summed E-state index contributed by atoms with van der Waals surface area (Å²) in [4.78, 5) is 22.6. The molecule has 4 aromatic rings. The minimum absolute atomic E-state index is 0.148. The van der Waals surface area contributed by atoms with Crippen LogP contribution in [0.5, 0.6) is 5.75 Å². The van der Waals surface area contributed by atoms with Crippen LogP contribution in [0.1, 0.15) is 18.4 Å². The lowest BCUT2D eigenvalue weighted by Gasteiger charge is -2.33. The minimum atomic E-state index is -4.38. The molecule has 2 aliphatic rings. The molecule has 0 bridgehead atoms. The number of ether oxygens (including phenoxy) is 2. The average Bonchev–Trinajstić information content (AvgIpc) is 3.37. The molecule has 6 rings (SSSR count). The molecule has 2 aliphatic heterocycles. The Morgan fingerprint density at radius 2 is 1.46 bits per heavy atom. The van der Waals surface area contributed by atoms with Crippen LogP contribution >= 0.6 is 0 Å². The zero-order valence-electron chi connectivity index (χ0n) is 20.8. The molecule has 0 spiro atoms. The number of morpholine rings is 1. The van der Waals surface area contributed by atoms with E-state index in [0.29, 0.717) is 86.9 Å². The van der Waals surface area contributed by atoms with Crippen molar-refractivity contribution in [1.29, 1.82) is 0 Å². The minimum Gasteiger partial charge on any atom is -0.490 e. The molecule has 13 heteroatoms. The summed E-state index contributed by atoms with van der Waals surface area (Å²) in [5.74, 6) is 1.42. The average molecular weight is 544 g/mol. The third-order valence-electron chi connectivity index (χ3n) is 6.83. The monoisotopic (exact) mass is 543 g/mol. The van der Waals surface area contributed by atoms with Gasteiger partial charge in [-0.3, -0.25) is 4.57 Å². The number of rotatable bonds is 5. The van der Waals surface area contributed by atoms with Crippen molar-refractivity contribution < 1.29 is 27.0 Å². The van der Waals surface area contributed by atoms with Crippen LogP contribution in [0.15, 0.2) is 48.8 Å². The molecule has 0 aliphatic carbocycles. The molecular weight excluding hydrogens is 518 g/mol. The first-order chi connectivity index (χ1) is 18.8. The van der Waals surface area contributed by atoms with Crippen LogP contribution in [0, 0.1) is 5.82 Å². The van der Waals surface area contributed by atoms with Crippen LogP contribution in [0.25, 0.3) is 17.0 Å². The fourth-order valence-electron chi connectivity index (χ4n) is 4.73. The third-order valence-corrected chi connectivity index (χ3v) is 6.83. The zero-order valence-corrected chi connectivity index (χ0v) is 20.8. The van der Waals surface area contributed by atoms with Crippen LogP contribution in [0.3, 0.4) is 0 Å². The molecule has 0 radical (unpaired) electrons. The maximum Gasteiger partial charge on any atom is 0.416 e. The Hall–Kier alpha value is -4.00. The van der Waals surface area contributed by atoms with Gasteiger partial charge in [-0.15, -0.1) is 0 Å². The van der Waals surface area contributed by atoms with E-state index in [9.17, 15) is 17.6 Å².